The number of hydrogen-bond acceptors (Lipinski definition) is 6. The summed E-state index contributed by atoms with van der Waals surface area (Å²) < 4.78 is 0. The first-order valence-corrected chi connectivity index (χ1v) is 7.48. The van der Waals surface area contributed by atoms with Crippen LogP contribution >= 0.6 is 0 Å². The standard InChI is InChI=1S/C14H23N5O2/c1-2-9-18(10-11-5-7-16-8-6-11)13-4-3-12(19(20)21)14(15)17-13/h3-4,11,16H,2,5-10H2,1H3,(H2,15,17). The third-order valence-electron chi connectivity index (χ3n) is 3.84. The van der Waals surface area contributed by atoms with E-state index in [1.54, 1.807) is 6.07 Å². The number of nitrogen functional groups attached to an aromatic ring is 1. The second-order valence-corrected chi connectivity index (χ2v) is 5.47. The van der Waals surface area contributed by atoms with Crippen molar-refractivity contribution in [1.29, 1.82) is 0 Å². The fourth-order valence-corrected chi connectivity index (χ4v) is 2.73. The number of pyridine rings is 1. The molecule has 1 fully saturated rings. The summed E-state index contributed by atoms with van der Waals surface area (Å²) in [7, 11) is 0. The first-order valence-electron chi connectivity index (χ1n) is 7.48. The highest BCUT2D eigenvalue weighted by molar-refractivity contribution is 5.58. The van der Waals surface area contributed by atoms with Crippen LogP contribution < -0.4 is 16.0 Å². The smallest absolute Gasteiger partial charge is 0.311 e. The minimum Gasteiger partial charge on any atom is -0.378 e. The van der Waals surface area contributed by atoms with Crippen LogP contribution in [-0.2, 0) is 0 Å². The lowest BCUT2D eigenvalue weighted by Crippen LogP contribution is -2.37. The molecule has 0 amide bonds. The van der Waals surface area contributed by atoms with Crippen molar-refractivity contribution in [3.8, 4) is 0 Å². The Labute approximate surface area is 124 Å². The van der Waals surface area contributed by atoms with Gasteiger partial charge >= 0.3 is 5.69 Å². The summed E-state index contributed by atoms with van der Waals surface area (Å²) in [5, 5.41) is 14.2. The molecule has 2 rings (SSSR count). The summed E-state index contributed by atoms with van der Waals surface area (Å²) in [5.74, 6) is 1.36. The van der Waals surface area contributed by atoms with Gasteiger partial charge in [-0.1, -0.05) is 6.92 Å². The lowest BCUT2D eigenvalue weighted by Gasteiger charge is -2.30. The third kappa shape index (κ3) is 4.04. The number of nitrogens with one attached hydrogen (secondary N) is 1. The molecule has 0 radical (unpaired) electrons. The molecule has 21 heavy (non-hydrogen) atoms. The monoisotopic (exact) mass is 293 g/mol. The lowest BCUT2D eigenvalue weighted by molar-refractivity contribution is -0.384. The molecule has 7 nitrogen and oxygen atoms in total. The van der Waals surface area contributed by atoms with Gasteiger partial charge in [-0.3, -0.25) is 10.1 Å². The molecular weight excluding hydrogens is 270 g/mol. The van der Waals surface area contributed by atoms with Gasteiger partial charge in [-0.2, -0.15) is 0 Å². The van der Waals surface area contributed by atoms with E-state index in [2.05, 4.69) is 22.1 Å². The van der Waals surface area contributed by atoms with Crippen LogP contribution in [0, 0.1) is 16.0 Å². The first kappa shape index (κ1) is 15.5. The van der Waals surface area contributed by atoms with Gasteiger partial charge in [0.25, 0.3) is 0 Å². The summed E-state index contributed by atoms with van der Waals surface area (Å²) in [4.78, 5) is 16.7. The van der Waals surface area contributed by atoms with Gasteiger partial charge < -0.3 is 16.0 Å². The van der Waals surface area contributed by atoms with Crippen LogP contribution in [0.15, 0.2) is 12.1 Å². The molecule has 116 valence electrons. The molecule has 1 aromatic heterocycles. The molecule has 1 saturated heterocycles. The van der Waals surface area contributed by atoms with Gasteiger partial charge in [-0.05, 0) is 44.3 Å². The van der Waals surface area contributed by atoms with Gasteiger partial charge in [0.05, 0.1) is 4.92 Å². The Bertz CT molecular complexity index is 488. The molecule has 0 unspecified atom stereocenters. The SMILES string of the molecule is CCCN(CC1CCNCC1)c1ccc([N+](=O)[O-])c(N)n1. The fourth-order valence-electron chi connectivity index (χ4n) is 2.73. The van der Waals surface area contributed by atoms with Crippen molar-refractivity contribution in [3.05, 3.63) is 22.2 Å². The Morgan fingerprint density at radius 2 is 2.19 bits per heavy atom. The van der Waals surface area contributed by atoms with E-state index in [0.717, 1.165) is 51.3 Å². The van der Waals surface area contributed by atoms with Gasteiger partial charge in [-0.25, -0.2) is 4.98 Å². The molecule has 0 atom stereocenters. The average molecular weight is 293 g/mol. The highest BCUT2D eigenvalue weighted by Crippen LogP contribution is 2.24. The molecular formula is C14H23N5O2. The van der Waals surface area contributed by atoms with E-state index in [0.29, 0.717) is 5.92 Å². The largest absolute Gasteiger partial charge is 0.378 e. The summed E-state index contributed by atoms with van der Waals surface area (Å²) in [6.07, 6.45) is 3.31. The Balaban J connectivity index is 2.13. The van der Waals surface area contributed by atoms with Gasteiger partial charge in [0.2, 0.25) is 5.82 Å². The zero-order valence-electron chi connectivity index (χ0n) is 12.4. The van der Waals surface area contributed by atoms with Crippen LogP contribution in [0.3, 0.4) is 0 Å². The second kappa shape index (κ2) is 7.21. The number of rotatable bonds is 6. The summed E-state index contributed by atoms with van der Waals surface area (Å²) in [6.45, 7) is 6.04. The predicted molar refractivity (Wildman–Crippen MR) is 83.4 cm³/mol. The van der Waals surface area contributed by atoms with E-state index in [9.17, 15) is 10.1 Å². The predicted octanol–water partition coefficient (Wildman–Crippen LogP) is 1.79. The van der Waals surface area contributed by atoms with Crippen molar-refractivity contribution in [2.75, 3.05) is 36.8 Å². The average Bonchev–Trinajstić information content (AvgIpc) is 2.47. The molecule has 1 aliphatic rings. The number of nitrogens with two attached hydrogens (primary N) is 1. The van der Waals surface area contributed by atoms with Crippen molar-refractivity contribution in [1.82, 2.24) is 10.3 Å². The quantitative estimate of drug-likeness (QED) is 0.613. The Hall–Kier alpha value is -1.89. The summed E-state index contributed by atoms with van der Waals surface area (Å²) >= 11 is 0. The lowest BCUT2D eigenvalue weighted by atomic mass is 9.97. The molecule has 0 saturated carbocycles. The van der Waals surface area contributed by atoms with Crippen molar-refractivity contribution in [3.63, 3.8) is 0 Å². The number of anilines is 2. The number of nitrogens with zero attached hydrogens (tertiary/aromatic N) is 3. The highest BCUT2D eigenvalue weighted by atomic mass is 16.6. The minimum atomic E-state index is -0.497. The van der Waals surface area contributed by atoms with Crippen LogP contribution in [0.25, 0.3) is 0 Å². The maximum absolute atomic E-state index is 10.8. The van der Waals surface area contributed by atoms with Crippen molar-refractivity contribution >= 4 is 17.3 Å². The number of hydrogen-bond donors (Lipinski definition) is 2. The van der Waals surface area contributed by atoms with E-state index in [1.165, 1.54) is 6.07 Å². The van der Waals surface area contributed by atoms with Crippen LogP contribution in [0.2, 0.25) is 0 Å². The highest BCUT2D eigenvalue weighted by Gasteiger charge is 2.20. The zero-order chi connectivity index (χ0) is 15.2. The van der Waals surface area contributed by atoms with E-state index < -0.39 is 4.92 Å². The number of aromatic nitrogens is 1. The third-order valence-corrected chi connectivity index (χ3v) is 3.84. The number of piperidine rings is 1. The number of nitro groups is 1. The fraction of sp³-hybridized carbons (Fsp3) is 0.643. The normalized spacial score (nSPS) is 15.9. The Morgan fingerprint density at radius 1 is 1.48 bits per heavy atom. The zero-order valence-corrected chi connectivity index (χ0v) is 12.4. The van der Waals surface area contributed by atoms with Crippen molar-refractivity contribution in [2.24, 2.45) is 5.92 Å². The molecule has 1 aliphatic heterocycles. The van der Waals surface area contributed by atoms with Crippen LogP contribution in [0.5, 0.6) is 0 Å². The molecule has 3 N–H and O–H groups in total. The van der Waals surface area contributed by atoms with E-state index in [-0.39, 0.29) is 11.5 Å². The van der Waals surface area contributed by atoms with E-state index >= 15 is 0 Å². The maximum atomic E-state index is 10.8. The second-order valence-electron chi connectivity index (χ2n) is 5.47. The molecule has 2 heterocycles. The minimum absolute atomic E-state index is 0.0103. The van der Waals surface area contributed by atoms with Gasteiger partial charge in [0.1, 0.15) is 5.82 Å². The molecule has 1 aromatic rings. The molecule has 0 bridgehead atoms. The maximum Gasteiger partial charge on any atom is 0.311 e. The first-order chi connectivity index (χ1) is 10.1. The Morgan fingerprint density at radius 3 is 2.76 bits per heavy atom. The van der Waals surface area contributed by atoms with Gasteiger partial charge in [0, 0.05) is 19.2 Å². The van der Waals surface area contributed by atoms with Crippen molar-refractivity contribution < 1.29 is 4.92 Å². The van der Waals surface area contributed by atoms with Crippen LogP contribution in [-0.4, -0.2) is 36.1 Å². The van der Waals surface area contributed by atoms with Gasteiger partial charge in [-0.15, -0.1) is 0 Å². The van der Waals surface area contributed by atoms with E-state index in [1.807, 2.05) is 0 Å². The Kier molecular flexibility index (Phi) is 5.32. The summed E-state index contributed by atoms with van der Waals surface area (Å²) in [6, 6.07) is 3.15. The molecule has 0 aromatic carbocycles. The molecule has 0 spiro atoms. The molecule has 7 heteroatoms. The van der Waals surface area contributed by atoms with Crippen molar-refractivity contribution in [2.45, 2.75) is 26.2 Å². The van der Waals surface area contributed by atoms with E-state index in [4.69, 9.17) is 5.73 Å². The summed E-state index contributed by atoms with van der Waals surface area (Å²) in [5.41, 5.74) is 5.57. The molecule has 0 aliphatic carbocycles. The van der Waals surface area contributed by atoms with Crippen LogP contribution in [0.4, 0.5) is 17.3 Å². The topological polar surface area (TPSA) is 97.3 Å². The van der Waals surface area contributed by atoms with Gasteiger partial charge in [0.15, 0.2) is 0 Å². The van der Waals surface area contributed by atoms with Crippen LogP contribution in [0.1, 0.15) is 26.2 Å².